The summed E-state index contributed by atoms with van der Waals surface area (Å²) in [5, 5.41) is 3.00. The maximum atomic E-state index is 10.4. The highest BCUT2D eigenvalue weighted by molar-refractivity contribution is 9.10. The minimum absolute atomic E-state index is 0.642. The Morgan fingerprint density at radius 1 is 1.35 bits per heavy atom. The molecule has 119 valence electrons. The molecule has 6 heteroatoms. The second kappa shape index (κ2) is 7.78. The van der Waals surface area contributed by atoms with Crippen molar-refractivity contribution in [3.63, 3.8) is 0 Å². The van der Waals surface area contributed by atoms with Gasteiger partial charge in [0, 0.05) is 33.8 Å². The van der Waals surface area contributed by atoms with Crippen molar-refractivity contribution in [1.82, 2.24) is 9.88 Å². The molecule has 0 unspecified atom stereocenters. The summed E-state index contributed by atoms with van der Waals surface area (Å²) in [5.74, 6) is 0.642. The number of fused-ring (bicyclic) bond motifs is 1. The van der Waals surface area contributed by atoms with Crippen molar-refractivity contribution in [3.05, 3.63) is 39.6 Å². The molecule has 3 nitrogen and oxygen atoms in total. The van der Waals surface area contributed by atoms with Crippen LogP contribution in [0.1, 0.15) is 18.4 Å². The molecule has 1 aliphatic heterocycles. The van der Waals surface area contributed by atoms with Crippen LogP contribution in [0.25, 0.3) is 10.8 Å². The van der Waals surface area contributed by atoms with Crippen molar-refractivity contribution in [2.24, 2.45) is 5.92 Å². The fourth-order valence-electron chi connectivity index (χ4n) is 3.19. The fourth-order valence-corrected chi connectivity index (χ4v) is 3.88. The lowest BCUT2D eigenvalue weighted by Gasteiger charge is -2.32. The van der Waals surface area contributed by atoms with Gasteiger partial charge < -0.3 is 4.79 Å². The van der Waals surface area contributed by atoms with E-state index >= 15 is 0 Å². The minimum Gasteiger partial charge on any atom is -0.316 e. The van der Waals surface area contributed by atoms with Gasteiger partial charge in [0.2, 0.25) is 0 Å². The molecular weight excluding hydrogens is 374 g/mol. The van der Waals surface area contributed by atoms with E-state index in [1.54, 1.807) is 7.28 Å². The molecule has 1 aromatic carbocycles. The summed E-state index contributed by atoms with van der Waals surface area (Å²) in [5.41, 5.74) is 1.16. The van der Waals surface area contributed by atoms with E-state index in [0.29, 0.717) is 5.92 Å². The number of benzene rings is 1. The Hall–Kier alpha value is -0.905. The largest absolute Gasteiger partial charge is 0.316 e. The van der Waals surface area contributed by atoms with E-state index < -0.39 is 0 Å². The Balaban J connectivity index is 1.69. The molecule has 0 bridgehead atoms. The van der Waals surface area contributed by atoms with Gasteiger partial charge in [-0.05, 0) is 70.9 Å². The number of carbonyl (C=O) groups excluding carboxylic acids is 1. The third-order valence-electron chi connectivity index (χ3n) is 4.54. The van der Waals surface area contributed by atoms with Gasteiger partial charge in [-0.1, -0.05) is 17.9 Å². The van der Waals surface area contributed by atoms with E-state index in [1.165, 1.54) is 0 Å². The van der Waals surface area contributed by atoms with Crippen molar-refractivity contribution in [2.45, 2.75) is 25.7 Å². The normalized spacial score (nSPS) is 16.6. The van der Waals surface area contributed by atoms with Gasteiger partial charge in [-0.2, -0.15) is 0 Å². The Morgan fingerprint density at radius 2 is 2.13 bits per heavy atom. The third-order valence-corrected chi connectivity index (χ3v) is 5.53. The molecule has 1 aliphatic rings. The van der Waals surface area contributed by atoms with Gasteiger partial charge in [0.15, 0.2) is 7.28 Å². The maximum Gasteiger partial charge on any atom is 0.197 e. The number of carbonyl (C=O) groups is 1. The molecule has 0 atom stereocenters. The topological polar surface area (TPSA) is 33.2 Å². The number of rotatable bonds is 5. The van der Waals surface area contributed by atoms with Crippen LogP contribution in [0.15, 0.2) is 29.0 Å². The number of halogens is 2. The first-order valence-corrected chi connectivity index (χ1v) is 9.05. The summed E-state index contributed by atoms with van der Waals surface area (Å²) in [4.78, 5) is 17.1. The summed E-state index contributed by atoms with van der Waals surface area (Å²) >= 11 is 10.0. The Bertz CT molecular complexity index is 704. The second-order valence-electron chi connectivity index (χ2n) is 6.11. The number of hydrogen-bond acceptors (Lipinski definition) is 3. The van der Waals surface area contributed by atoms with E-state index in [4.69, 9.17) is 11.6 Å². The average molecular weight is 393 g/mol. The van der Waals surface area contributed by atoms with E-state index in [2.05, 4.69) is 31.9 Å². The smallest absolute Gasteiger partial charge is 0.197 e. The number of aromatic nitrogens is 1. The first-order chi connectivity index (χ1) is 11.2. The highest BCUT2D eigenvalue weighted by Crippen LogP contribution is 2.30. The van der Waals surface area contributed by atoms with Crippen LogP contribution >= 0.6 is 27.5 Å². The standard InChI is InChI=1S/C17H18BBrClN2O/c19-16-9-21-8-13-6-17(20)14(5-15(13)16)10-22-3-1-12(2-4-22)7-18-11-23/h5-6,8-9,11-12H,1-4,7,10H2. The average Bonchev–Trinajstić information content (AvgIpc) is 2.56. The zero-order valence-electron chi connectivity index (χ0n) is 12.8. The summed E-state index contributed by atoms with van der Waals surface area (Å²) in [6.07, 6.45) is 7.76. The Labute approximate surface area is 150 Å². The number of nitrogens with zero attached hydrogens (tertiary/aromatic N) is 2. The third kappa shape index (κ3) is 4.14. The van der Waals surface area contributed by atoms with Crippen LogP contribution in [0, 0.1) is 5.92 Å². The highest BCUT2D eigenvalue weighted by Gasteiger charge is 2.20. The van der Waals surface area contributed by atoms with Crippen LogP contribution in [0.2, 0.25) is 11.3 Å². The van der Waals surface area contributed by atoms with Gasteiger partial charge >= 0.3 is 0 Å². The zero-order valence-corrected chi connectivity index (χ0v) is 15.2. The number of hydrogen-bond donors (Lipinski definition) is 0. The van der Waals surface area contributed by atoms with E-state index in [9.17, 15) is 4.79 Å². The molecule has 3 rings (SSSR count). The maximum absolute atomic E-state index is 10.4. The molecule has 1 aromatic heterocycles. The molecule has 1 fully saturated rings. The first-order valence-electron chi connectivity index (χ1n) is 7.88. The molecule has 0 spiro atoms. The summed E-state index contributed by atoms with van der Waals surface area (Å²) < 4.78 is 0.996. The van der Waals surface area contributed by atoms with Crippen LogP contribution in [-0.2, 0) is 11.3 Å². The molecule has 23 heavy (non-hydrogen) atoms. The van der Waals surface area contributed by atoms with E-state index in [0.717, 1.165) is 70.8 Å². The summed E-state index contributed by atoms with van der Waals surface area (Å²) in [6, 6.07) is 4.16. The van der Waals surface area contributed by atoms with Crippen LogP contribution in [0.4, 0.5) is 0 Å². The molecule has 1 radical (unpaired) electrons. The molecular formula is C17H18BBrClN2O. The summed E-state index contributed by atoms with van der Waals surface area (Å²) in [7, 11) is 1.74. The van der Waals surface area contributed by atoms with Gasteiger partial charge in [-0.3, -0.25) is 9.88 Å². The predicted molar refractivity (Wildman–Crippen MR) is 99.8 cm³/mol. The van der Waals surface area contributed by atoms with Gasteiger partial charge in [0.25, 0.3) is 0 Å². The van der Waals surface area contributed by atoms with Crippen molar-refractivity contribution in [2.75, 3.05) is 13.1 Å². The van der Waals surface area contributed by atoms with E-state index in [1.807, 2.05) is 18.5 Å². The molecule has 0 N–H and O–H groups in total. The van der Waals surface area contributed by atoms with Gasteiger partial charge in [-0.15, -0.1) is 0 Å². The quantitative estimate of drug-likeness (QED) is 0.565. The monoisotopic (exact) mass is 391 g/mol. The molecule has 2 aromatic rings. The first kappa shape index (κ1) is 16.9. The van der Waals surface area contributed by atoms with Crippen LogP contribution in [0.3, 0.4) is 0 Å². The van der Waals surface area contributed by atoms with Crippen LogP contribution in [0.5, 0.6) is 0 Å². The zero-order chi connectivity index (χ0) is 16.2. The lowest BCUT2D eigenvalue weighted by molar-refractivity contribution is 0.185. The van der Waals surface area contributed by atoms with Gasteiger partial charge in [0.1, 0.15) is 0 Å². The van der Waals surface area contributed by atoms with E-state index in [-0.39, 0.29) is 0 Å². The molecule has 0 amide bonds. The fraction of sp³-hybridized carbons (Fsp3) is 0.412. The van der Waals surface area contributed by atoms with Gasteiger partial charge in [-0.25, -0.2) is 0 Å². The summed E-state index contributed by atoms with van der Waals surface area (Å²) in [6.45, 7) is 2.99. The molecule has 0 saturated carbocycles. The predicted octanol–water partition coefficient (Wildman–Crippen LogP) is 4.18. The van der Waals surface area contributed by atoms with Crippen molar-refractivity contribution in [3.8, 4) is 0 Å². The SMILES string of the molecule is O=C[B]CC1CCN(Cc2cc3c(Br)cncc3cc2Cl)CC1. The number of pyridine rings is 1. The highest BCUT2D eigenvalue weighted by atomic mass is 79.9. The lowest BCUT2D eigenvalue weighted by Crippen LogP contribution is -2.33. The van der Waals surface area contributed by atoms with Crippen molar-refractivity contribution < 1.29 is 4.79 Å². The molecule has 1 saturated heterocycles. The lowest BCUT2D eigenvalue weighted by atomic mass is 9.69. The Kier molecular flexibility index (Phi) is 5.73. The Morgan fingerprint density at radius 3 is 2.87 bits per heavy atom. The van der Waals surface area contributed by atoms with Crippen molar-refractivity contribution in [1.29, 1.82) is 0 Å². The number of piperidine rings is 1. The number of likely N-dealkylation sites (tertiary alicyclic amines) is 1. The molecule has 2 heterocycles. The van der Waals surface area contributed by atoms with Gasteiger partial charge in [0.05, 0.1) is 6.19 Å². The van der Waals surface area contributed by atoms with Crippen LogP contribution < -0.4 is 0 Å². The second-order valence-corrected chi connectivity index (χ2v) is 7.37. The molecule has 0 aliphatic carbocycles. The minimum atomic E-state index is 0.642. The van der Waals surface area contributed by atoms with Crippen LogP contribution in [-0.4, -0.2) is 36.4 Å². The van der Waals surface area contributed by atoms with Crippen molar-refractivity contribution >= 4 is 51.8 Å².